The van der Waals surface area contributed by atoms with E-state index < -0.39 is 0 Å². The van der Waals surface area contributed by atoms with Gasteiger partial charge >= 0.3 is 0 Å². The molecule has 21 heavy (non-hydrogen) atoms. The maximum absolute atomic E-state index is 5.05. The van der Waals surface area contributed by atoms with E-state index >= 15 is 0 Å². The van der Waals surface area contributed by atoms with Gasteiger partial charge in [-0.3, -0.25) is 4.68 Å². The summed E-state index contributed by atoms with van der Waals surface area (Å²) in [5.41, 5.74) is 2.21. The van der Waals surface area contributed by atoms with Crippen LogP contribution in [0.3, 0.4) is 0 Å². The summed E-state index contributed by atoms with van der Waals surface area (Å²) in [6, 6.07) is 6.47. The third kappa shape index (κ3) is 4.29. The minimum Gasteiger partial charge on any atom is -0.481 e. The van der Waals surface area contributed by atoms with Crippen LogP contribution in [-0.2, 0) is 13.1 Å². The number of nitrogens with zero attached hydrogens (tertiary/aromatic N) is 3. The SMILES string of the molecule is CCC(CC)n1ccc(CNCc2ccc(OC)nc2)n1. The zero-order chi connectivity index (χ0) is 15.1. The van der Waals surface area contributed by atoms with Crippen molar-refractivity contribution in [3.8, 4) is 5.88 Å². The first-order valence-corrected chi connectivity index (χ1v) is 7.50. The summed E-state index contributed by atoms with van der Waals surface area (Å²) in [5, 5.41) is 8.02. The summed E-state index contributed by atoms with van der Waals surface area (Å²) in [5.74, 6) is 0.641. The Labute approximate surface area is 126 Å². The summed E-state index contributed by atoms with van der Waals surface area (Å²) in [6.07, 6.45) is 6.13. The summed E-state index contributed by atoms with van der Waals surface area (Å²) in [4.78, 5) is 4.19. The molecule has 0 bridgehead atoms. The van der Waals surface area contributed by atoms with Crippen molar-refractivity contribution in [2.45, 2.75) is 45.8 Å². The van der Waals surface area contributed by atoms with E-state index in [1.165, 1.54) is 0 Å². The van der Waals surface area contributed by atoms with Crippen LogP contribution >= 0.6 is 0 Å². The van der Waals surface area contributed by atoms with Gasteiger partial charge in [-0.25, -0.2) is 4.98 Å². The Balaban J connectivity index is 1.82. The average Bonchev–Trinajstić information content (AvgIpc) is 2.98. The van der Waals surface area contributed by atoms with Crippen LogP contribution in [0.15, 0.2) is 30.6 Å². The first kappa shape index (κ1) is 15.5. The molecule has 2 aromatic rings. The maximum atomic E-state index is 5.05. The molecule has 0 aliphatic heterocycles. The molecule has 0 fully saturated rings. The number of aromatic nitrogens is 3. The normalized spacial score (nSPS) is 11.0. The first-order chi connectivity index (χ1) is 10.3. The molecule has 0 atom stereocenters. The fourth-order valence-electron chi connectivity index (χ4n) is 2.31. The van der Waals surface area contributed by atoms with E-state index in [9.17, 15) is 0 Å². The van der Waals surface area contributed by atoms with E-state index in [1.807, 2.05) is 18.3 Å². The second-order valence-corrected chi connectivity index (χ2v) is 5.07. The van der Waals surface area contributed by atoms with Crippen molar-refractivity contribution in [1.29, 1.82) is 0 Å². The molecule has 5 nitrogen and oxygen atoms in total. The zero-order valence-corrected chi connectivity index (χ0v) is 13.0. The minimum absolute atomic E-state index is 0.504. The molecule has 0 radical (unpaired) electrons. The molecule has 2 aromatic heterocycles. The zero-order valence-electron chi connectivity index (χ0n) is 13.0. The molecule has 0 aliphatic carbocycles. The van der Waals surface area contributed by atoms with Gasteiger partial charge in [-0.2, -0.15) is 5.10 Å². The number of methoxy groups -OCH3 is 1. The van der Waals surface area contributed by atoms with Gasteiger partial charge in [0.25, 0.3) is 0 Å². The first-order valence-electron chi connectivity index (χ1n) is 7.50. The van der Waals surface area contributed by atoms with Gasteiger partial charge in [-0.05, 0) is 24.5 Å². The van der Waals surface area contributed by atoms with Gasteiger partial charge in [-0.15, -0.1) is 0 Å². The predicted molar refractivity (Wildman–Crippen MR) is 83.2 cm³/mol. The highest BCUT2D eigenvalue weighted by atomic mass is 16.5. The lowest BCUT2D eigenvalue weighted by molar-refractivity contribution is 0.397. The van der Waals surface area contributed by atoms with Gasteiger partial charge in [0.1, 0.15) is 0 Å². The molecule has 0 spiro atoms. The minimum atomic E-state index is 0.504. The highest BCUT2D eigenvalue weighted by molar-refractivity contribution is 5.17. The summed E-state index contributed by atoms with van der Waals surface area (Å²) < 4.78 is 7.12. The second kappa shape index (κ2) is 7.78. The Morgan fingerprint density at radius 1 is 1.19 bits per heavy atom. The molecule has 114 valence electrons. The van der Waals surface area contributed by atoms with Crippen LogP contribution in [0, 0.1) is 0 Å². The quantitative estimate of drug-likeness (QED) is 0.811. The van der Waals surface area contributed by atoms with Crippen LogP contribution in [0.2, 0.25) is 0 Å². The Hall–Kier alpha value is -1.88. The topological polar surface area (TPSA) is 52.0 Å². The average molecular weight is 288 g/mol. The van der Waals surface area contributed by atoms with E-state index in [1.54, 1.807) is 7.11 Å². The Morgan fingerprint density at radius 2 is 2.00 bits per heavy atom. The number of hydrogen-bond acceptors (Lipinski definition) is 4. The van der Waals surface area contributed by atoms with Crippen LogP contribution in [0.4, 0.5) is 0 Å². The van der Waals surface area contributed by atoms with E-state index in [4.69, 9.17) is 4.74 Å². The summed E-state index contributed by atoms with van der Waals surface area (Å²) in [6.45, 7) is 5.93. The molecule has 2 rings (SSSR count). The predicted octanol–water partition coefficient (Wildman–Crippen LogP) is 2.94. The molecule has 0 aliphatic rings. The molecule has 0 saturated heterocycles. The summed E-state index contributed by atoms with van der Waals surface area (Å²) in [7, 11) is 1.62. The van der Waals surface area contributed by atoms with Gasteiger partial charge < -0.3 is 10.1 Å². The molecule has 0 unspecified atom stereocenters. The Morgan fingerprint density at radius 3 is 2.62 bits per heavy atom. The maximum Gasteiger partial charge on any atom is 0.212 e. The van der Waals surface area contributed by atoms with Crippen molar-refractivity contribution in [3.05, 3.63) is 41.9 Å². The Bertz CT molecular complexity index is 531. The number of pyridine rings is 1. The smallest absolute Gasteiger partial charge is 0.212 e. The molecule has 0 amide bonds. The lowest BCUT2D eigenvalue weighted by Gasteiger charge is -2.12. The fraction of sp³-hybridized carbons (Fsp3) is 0.500. The summed E-state index contributed by atoms with van der Waals surface area (Å²) >= 11 is 0. The Kier molecular flexibility index (Phi) is 5.75. The third-order valence-corrected chi connectivity index (χ3v) is 3.62. The molecule has 0 aromatic carbocycles. The standard InChI is InChI=1S/C16H24N4O/c1-4-15(5-2)20-9-8-14(19-20)12-17-10-13-6-7-16(21-3)18-11-13/h6-9,11,15,17H,4-5,10,12H2,1-3H3. The van der Waals surface area contributed by atoms with Gasteiger partial charge in [0.15, 0.2) is 0 Å². The third-order valence-electron chi connectivity index (χ3n) is 3.62. The van der Waals surface area contributed by atoms with Gasteiger partial charge in [0.2, 0.25) is 5.88 Å². The monoisotopic (exact) mass is 288 g/mol. The lowest BCUT2D eigenvalue weighted by Crippen LogP contribution is -2.14. The number of nitrogens with one attached hydrogen (secondary N) is 1. The van der Waals surface area contributed by atoms with Gasteiger partial charge in [0.05, 0.1) is 18.8 Å². The van der Waals surface area contributed by atoms with Crippen LogP contribution in [0.5, 0.6) is 5.88 Å². The number of ether oxygens (including phenoxy) is 1. The number of hydrogen-bond donors (Lipinski definition) is 1. The molecule has 1 N–H and O–H groups in total. The lowest BCUT2D eigenvalue weighted by atomic mass is 10.2. The van der Waals surface area contributed by atoms with Crippen molar-refractivity contribution in [2.24, 2.45) is 0 Å². The van der Waals surface area contributed by atoms with Crippen molar-refractivity contribution in [3.63, 3.8) is 0 Å². The molecule has 5 heteroatoms. The van der Waals surface area contributed by atoms with Crippen LogP contribution in [0.25, 0.3) is 0 Å². The van der Waals surface area contributed by atoms with Crippen LogP contribution in [-0.4, -0.2) is 21.9 Å². The highest BCUT2D eigenvalue weighted by Crippen LogP contribution is 2.14. The van der Waals surface area contributed by atoms with Crippen molar-refractivity contribution < 1.29 is 4.74 Å². The highest BCUT2D eigenvalue weighted by Gasteiger charge is 2.07. The molecular weight excluding hydrogens is 264 g/mol. The fourth-order valence-corrected chi connectivity index (χ4v) is 2.31. The van der Waals surface area contributed by atoms with Gasteiger partial charge in [0, 0.05) is 31.5 Å². The van der Waals surface area contributed by atoms with Crippen molar-refractivity contribution in [2.75, 3.05) is 7.11 Å². The van der Waals surface area contributed by atoms with E-state index in [0.29, 0.717) is 11.9 Å². The molecule has 2 heterocycles. The van der Waals surface area contributed by atoms with E-state index in [0.717, 1.165) is 37.2 Å². The second-order valence-electron chi connectivity index (χ2n) is 5.07. The van der Waals surface area contributed by atoms with Gasteiger partial charge in [-0.1, -0.05) is 19.9 Å². The van der Waals surface area contributed by atoms with E-state index in [-0.39, 0.29) is 0 Å². The molecular formula is C16H24N4O. The van der Waals surface area contributed by atoms with Crippen LogP contribution in [0.1, 0.15) is 44.0 Å². The van der Waals surface area contributed by atoms with Crippen molar-refractivity contribution in [1.82, 2.24) is 20.1 Å². The molecule has 0 saturated carbocycles. The van der Waals surface area contributed by atoms with Crippen LogP contribution < -0.4 is 10.1 Å². The van der Waals surface area contributed by atoms with Crippen molar-refractivity contribution >= 4 is 0 Å². The number of rotatable bonds is 8. The largest absolute Gasteiger partial charge is 0.481 e. The van der Waals surface area contributed by atoms with E-state index in [2.05, 4.69) is 46.2 Å².